The van der Waals surface area contributed by atoms with Crippen LogP contribution in [0.4, 0.5) is 0 Å². The van der Waals surface area contributed by atoms with Crippen molar-refractivity contribution < 1.29 is 13.3 Å². The fraction of sp³-hybridized carbons (Fsp3) is 0. The maximum atomic E-state index is 6.42. The second kappa shape index (κ2) is 17.0. The normalized spacial score (nSPS) is 12.3. The lowest BCUT2D eigenvalue weighted by Crippen LogP contribution is -2.02. The van der Waals surface area contributed by atoms with E-state index < -0.39 is 0 Å². The predicted molar refractivity (Wildman–Crippen MR) is 341 cm³/mol. The van der Waals surface area contributed by atoms with E-state index in [9.17, 15) is 0 Å². The third kappa shape index (κ3) is 6.51. The third-order valence-corrected chi connectivity index (χ3v) is 17.3. The van der Waals surface area contributed by atoms with Crippen molar-refractivity contribution in [2.75, 3.05) is 0 Å². The summed E-state index contributed by atoms with van der Waals surface area (Å²) in [7, 11) is 0. The van der Waals surface area contributed by atoms with Crippen molar-refractivity contribution in [2.24, 2.45) is 0 Å². The van der Waals surface area contributed by atoms with E-state index in [1.165, 1.54) is 0 Å². The Morgan fingerprint density at radius 3 is 0.929 bits per heavy atom. The Balaban J connectivity index is 0.776. The van der Waals surface area contributed by atoms with Crippen molar-refractivity contribution in [1.29, 1.82) is 0 Å². The quantitative estimate of drug-likeness (QED) is 0.165. The maximum Gasteiger partial charge on any atom is 0.164 e. The molecule has 0 saturated carbocycles. The average Bonchev–Trinajstić information content (AvgIpc) is 2.12. The van der Waals surface area contributed by atoms with E-state index in [-0.39, 0.29) is 0 Å². The second-order valence-electron chi connectivity index (χ2n) is 21.9. The van der Waals surface area contributed by atoms with E-state index in [4.69, 9.17) is 28.2 Å². The molecule has 0 aliphatic heterocycles. The van der Waals surface area contributed by atoms with E-state index in [0.717, 1.165) is 165 Å². The van der Waals surface area contributed by atoms with Crippen LogP contribution >= 0.6 is 0 Å². The summed E-state index contributed by atoms with van der Waals surface area (Å²) in [6.45, 7) is 0. The number of rotatable bonds is 6. The van der Waals surface area contributed by atoms with Gasteiger partial charge in [-0.25, -0.2) is 15.0 Å². The van der Waals surface area contributed by atoms with Crippen LogP contribution in [0.15, 0.2) is 268 Å². The first-order chi connectivity index (χ1) is 41.6. The summed E-state index contributed by atoms with van der Waals surface area (Å²) in [6.07, 6.45) is 0. The average molecular weight is 1080 g/mol. The van der Waals surface area contributed by atoms with Gasteiger partial charge in [-0.15, -0.1) is 0 Å². The Kier molecular flexibility index (Phi) is 9.15. The van der Waals surface area contributed by atoms with Gasteiger partial charge in [0.1, 0.15) is 33.5 Å². The third-order valence-electron chi connectivity index (χ3n) is 17.3. The van der Waals surface area contributed by atoms with Crippen LogP contribution in [0.3, 0.4) is 0 Å². The standard InChI is InChI=1S/C75H42N6O3/c1-7-22-61-49(16-1)55-40-70-58(52-19-4-10-25-67(52)82-70)37-64(55)79(61)46-32-28-43(29-33-46)73-76-74(44-30-34-47(35-31-44)80-62-23-8-2-17-50(62)56-41-71-59(38-65(56)80)53-20-5-11-26-68(53)83-71)78-75(77-73)45-14-13-15-48(36-45)81-63-24-9-3-18-51(63)57-42-72-60(39-66(57)81)54-21-6-12-27-69(54)84-72/h1-42H. The molecule has 19 rings (SSSR count). The molecule has 0 fully saturated rings. The van der Waals surface area contributed by atoms with Crippen molar-refractivity contribution in [3.63, 3.8) is 0 Å². The zero-order valence-corrected chi connectivity index (χ0v) is 44.7. The molecule has 0 saturated heterocycles. The van der Waals surface area contributed by atoms with E-state index in [0.29, 0.717) is 17.5 Å². The van der Waals surface area contributed by atoms with Gasteiger partial charge >= 0.3 is 0 Å². The molecule has 84 heavy (non-hydrogen) atoms. The summed E-state index contributed by atoms with van der Waals surface area (Å²) in [5.74, 6) is 1.69. The van der Waals surface area contributed by atoms with Gasteiger partial charge in [0.25, 0.3) is 0 Å². The van der Waals surface area contributed by atoms with Crippen molar-refractivity contribution in [3.05, 3.63) is 255 Å². The lowest BCUT2D eigenvalue weighted by atomic mass is 10.1. The monoisotopic (exact) mass is 1070 g/mol. The molecule has 9 nitrogen and oxygen atoms in total. The Hall–Kier alpha value is -11.6. The minimum atomic E-state index is 0.562. The summed E-state index contributed by atoms with van der Waals surface area (Å²) in [4.78, 5) is 16.0. The molecular weight excluding hydrogens is 1030 g/mol. The fourth-order valence-electron chi connectivity index (χ4n) is 13.5. The molecule has 0 atom stereocenters. The number of benzene rings is 12. The molecule has 7 aromatic heterocycles. The number of hydrogen-bond donors (Lipinski definition) is 0. The summed E-state index contributed by atoms with van der Waals surface area (Å²) >= 11 is 0. The van der Waals surface area contributed by atoms with Crippen molar-refractivity contribution in [1.82, 2.24) is 28.7 Å². The van der Waals surface area contributed by atoms with Crippen LogP contribution in [-0.4, -0.2) is 28.7 Å². The molecular formula is C75H42N6O3. The molecule has 0 aliphatic rings. The highest BCUT2D eigenvalue weighted by Crippen LogP contribution is 2.43. The van der Waals surface area contributed by atoms with Crippen LogP contribution in [0, 0.1) is 0 Å². The Morgan fingerprint density at radius 2 is 0.536 bits per heavy atom. The first kappa shape index (κ1) is 45.2. The number of fused-ring (bicyclic) bond motifs is 18. The van der Waals surface area contributed by atoms with Crippen LogP contribution in [0.25, 0.3) is 182 Å². The van der Waals surface area contributed by atoms with Crippen molar-refractivity contribution in [2.45, 2.75) is 0 Å². The number of para-hydroxylation sites is 6. The van der Waals surface area contributed by atoms with E-state index in [1.54, 1.807) is 0 Å². The van der Waals surface area contributed by atoms with Crippen LogP contribution in [0.2, 0.25) is 0 Å². The molecule has 390 valence electrons. The number of hydrogen-bond acceptors (Lipinski definition) is 6. The molecule has 0 spiro atoms. The molecule has 7 heterocycles. The van der Waals surface area contributed by atoms with Gasteiger partial charge in [0, 0.05) is 98.4 Å². The SMILES string of the molecule is c1cc(-c2nc(-c3ccc(-n4c5ccccc5c5cc6oc7ccccc7c6cc54)cc3)nc(-c3ccc(-n4c5ccccc5c5cc6oc7ccccc7c6cc54)cc3)n2)cc(-n2c3ccccc3c3cc4oc5ccccc5c4cc32)c1. The van der Waals surface area contributed by atoms with Crippen LogP contribution in [0.1, 0.15) is 0 Å². The number of nitrogens with zero attached hydrogens (tertiary/aromatic N) is 6. The van der Waals surface area contributed by atoms with Crippen LogP contribution < -0.4 is 0 Å². The molecule has 12 aromatic carbocycles. The number of furan rings is 3. The zero-order chi connectivity index (χ0) is 54.7. The second-order valence-corrected chi connectivity index (χ2v) is 21.9. The van der Waals surface area contributed by atoms with Crippen LogP contribution in [-0.2, 0) is 0 Å². The topological polar surface area (TPSA) is 92.9 Å². The maximum absolute atomic E-state index is 6.42. The van der Waals surface area contributed by atoms with Crippen molar-refractivity contribution in [3.8, 4) is 51.2 Å². The highest BCUT2D eigenvalue weighted by Gasteiger charge is 2.22. The molecule has 0 unspecified atom stereocenters. The van der Waals surface area contributed by atoms with Gasteiger partial charge in [0.15, 0.2) is 17.5 Å². The first-order valence-electron chi connectivity index (χ1n) is 28.2. The number of aromatic nitrogens is 6. The molecule has 0 bridgehead atoms. The molecule has 0 amide bonds. The highest BCUT2D eigenvalue weighted by molar-refractivity contribution is 6.20. The summed E-state index contributed by atoms with van der Waals surface area (Å²) < 4.78 is 26.3. The smallest absolute Gasteiger partial charge is 0.164 e. The fourth-order valence-corrected chi connectivity index (χ4v) is 13.5. The molecule has 9 heteroatoms. The van der Waals surface area contributed by atoms with E-state index in [2.05, 4.69) is 232 Å². The minimum absolute atomic E-state index is 0.562. The molecule has 0 aliphatic carbocycles. The van der Waals surface area contributed by atoms with Crippen molar-refractivity contribution >= 4 is 131 Å². The Morgan fingerprint density at radius 1 is 0.202 bits per heavy atom. The van der Waals surface area contributed by atoms with E-state index >= 15 is 0 Å². The highest BCUT2D eigenvalue weighted by atomic mass is 16.3. The summed E-state index contributed by atoms with van der Waals surface area (Å²) in [5.41, 5.74) is 17.5. The van der Waals surface area contributed by atoms with Gasteiger partial charge in [0.05, 0.1) is 33.1 Å². The van der Waals surface area contributed by atoms with Gasteiger partial charge < -0.3 is 27.0 Å². The lowest BCUT2D eigenvalue weighted by molar-refractivity contribution is 0.669. The first-order valence-corrected chi connectivity index (χ1v) is 28.2. The molecule has 19 aromatic rings. The molecule has 0 N–H and O–H groups in total. The van der Waals surface area contributed by atoms with Crippen LogP contribution in [0.5, 0.6) is 0 Å². The Bertz CT molecular complexity index is 5740. The molecule has 0 radical (unpaired) electrons. The lowest BCUT2D eigenvalue weighted by Gasteiger charge is -2.13. The van der Waals surface area contributed by atoms with Gasteiger partial charge in [-0.1, -0.05) is 121 Å². The predicted octanol–water partition coefficient (Wildman–Crippen LogP) is 19.9. The summed E-state index contributed by atoms with van der Waals surface area (Å²) in [5, 5.41) is 13.4. The van der Waals surface area contributed by atoms with E-state index in [1.807, 2.05) is 36.4 Å². The minimum Gasteiger partial charge on any atom is -0.456 e. The van der Waals surface area contributed by atoms with Gasteiger partial charge in [-0.2, -0.15) is 0 Å². The Labute approximate surface area is 476 Å². The van der Waals surface area contributed by atoms with Gasteiger partial charge in [-0.3, -0.25) is 0 Å². The largest absolute Gasteiger partial charge is 0.456 e. The summed E-state index contributed by atoms with van der Waals surface area (Å²) in [6, 6.07) is 89.7. The van der Waals surface area contributed by atoms with Gasteiger partial charge in [-0.05, 0) is 133 Å². The zero-order valence-electron chi connectivity index (χ0n) is 44.7. The van der Waals surface area contributed by atoms with Gasteiger partial charge in [0.2, 0.25) is 0 Å².